The third kappa shape index (κ3) is 6.12. The Kier molecular flexibility index (Phi) is 11.6. The molecule has 0 heterocycles. The summed E-state index contributed by atoms with van der Waals surface area (Å²) in [6.07, 6.45) is 12.2. The molecule has 27 heavy (non-hydrogen) atoms. The molecule has 0 fully saturated rings. The summed E-state index contributed by atoms with van der Waals surface area (Å²) in [7, 11) is 0. The van der Waals surface area contributed by atoms with Crippen LogP contribution in [0.5, 0.6) is 0 Å². The Morgan fingerprint density at radius 3 is 2.26 bits per heavy atom. The third-order valence-corrected chi connectivity index (χ3v) is 5.30. The molecule has 145 valence electrons. The van der Waals surface area contributed by atoms with E-state index in [1.807, 2.05) is 0 Å². The zero-order valence-electron chi connectivity index (χ0n) is 15.4. The Balaban J connectivity index is 0.000000473. The predicted octanol–water partition coefficient (Wildman–Crippen LogP) is -0.279. The SMILES string of the molecule is CC1C2=C(CCC[CH-]2)C2=C1CCCC2.O=C(O)c1ccc(F)cc1.[Cl-].[Cl-].[Ti+3]. The molecule has 0 spiro atoms. The van der Waals surface area contributed by atoms with Crippen molar-refractivity contribution in [2.75, 3.05) is 0 Å². The molecule has 1 atom stereocenters. The summed E-state index contributed by atoms with van der Waals surface area (Å²) in [5.74, 6) is -0.689. The molecule has 0 aromatic heterocycles. The summed E-state index contributed by atoms with van der Waals surface area (Å²) in [4.78, 5) is 10.2. The Morgan fingerprint density at radius 1 is 1.04 bits per heavy atom. The molecular formula is C21H24Cl2FO2Ti. The van der Waals surface area contributed by atoms with Crippen LogP contribution in [0.15, 0.2) is 46.6 Å². The van der Waals surface area contributed by atoms with Crippen LogP contribution in [-0.2, 0) is 21.7 Å². The van der Waals surface area contributed by atoms with E-state index in [1.54, 1.807) is 22.3 Å². The Hall–Kier alpha value is -0.736. The van der Waals surface area contributed by atoms with Crippen LogP contribution >= 0.6 is 0 Å². The minimum absolute atomic E-state index is 0. The first-order valence-electron chi connectivity index (χ1n) is 8.85. The average Bonchev–Trinajstić information content (AvgIpc) is 2.90. The van der Waals surface area contributed by atoms with Crippen molar-refractivity contribution >= 4 is 5.97 Å². The monoisotopic (exact) mass is 445 g/mol. The molecule has 1 aromatic carbocycles. The molecule has 0 saturated heterocycles. The van der Waals surface area contributed by atoms with Crippen LogP contribution in [-0.4, -0.2) is 11.1 Å². The number of carbonyl (C=O) groups is 1. The topological polar surface area (TPSA) is 37.3 Å². The van der Waals surface area contributed by atoms with Crippen molar-refractivity contribution in [3.05, 3.63) is 64.4 Å². The van der Waals surface area contributed by atoms with Gasteiger partial charge in [0.15, 0.2) is 0 Å². The van der Waals surface area contributed by atoms with E-state index in [4.69, 9.17) is 5.11 Å². The normalized spacial score (nSPS) is 19.7. The first-order chi connectivity index (χ1) is 11.6. The number of benzene rings is 1. The van der Waals surface area contributed by atoms with Gasteiger partial charge in [-0.1, -0.05) is 31.8 Å². The number of rotatable bonds is 1. The number of hydrogen-bond donors (Lipinski definition) is 1. The maximum absolute atomic E-state index is 12.2. The van der Waals surface area contributed by atoms with Gasteiger partial charge in [0.25, 0.3) is 0 Å². The molecule has 0 aliphatic heterocycles. The summed E-state index contributed by atoms with van der Waals surface area (Å²) in [6.45, 7) is 2.42. The smallest absolute Gasteiger partial charge is 1.00 e. The standard InChI is InChI=1S/C14H19.C7H5FO2.2ClH.Ti/c1-10-11-6-2-4-8-13(11)14-9-5-3-7-12(10)14;8-6-3-1-5(2-4-6)7(9)10;;;/h6,10H,2-5,7-9H2,1H3;1-4H,(H,9,10);2*1H;/q-1;;;;+3/p-2. The first-order valence-corrected chi connectivity index (χ1v) is 8.85. The van der Waals surface area contributed by atoms with E-state index in [0.717, 1.165) is 18.1 Å². The Labute approximate surface area is 188 Å². The second-order valence-electron chi connectivity index (χ2n) is 6.77. The average molecular weight is 446 g/mol. The van der Waals surface area contributed by atoms with E-state index >= 15 is 0 Å². The number of allylic oxidation sites excluding steroid dienone is 4. The van der Waals surface area contributed by atoms with Crippen LogP contribution in [0.3, 0.4) is 0 Å². The molecule has 0 saturated carbocycles. The summed E-state index contributed by atoms with van der Waals surface area (Å²) in [5, 5.41) is 8.35. The van der Waals surface area contributed by atoms with Crippen LogP contribution in [0.4, 0.5) is 4.39 Å². The van der Waals surface area contributed by atoms with Gasteiger partial charge in [-0.25, -0.2) is 21.2 Å². The Morgan fingerprint density at radius 2 is 1.63 bits per heavy atom. The molecule has 2 nitrogen and oxygen atoms in total. The van der Waals surface area contributed by atoms with Gasteiger partial charge < -0.3 is 29.9 Å². The Bertz CT molecular complexity index is 667. The van der Waals surface area contributed by atoms with E-state index in [2.05, 4.69) is 13.3 Å². The van der Waals surface area contributed by atoms with E-state index in [9.17, 15) is 9.18 Å². The minimum Gasteiger partial charge on any atom is -1.00 e. The van der Waals surface area contributed by atoms with Gasteiger partial charge >= 0.3 is 27.7 Å². The first kappa shape index (κ1) is 26.3. The van der Waals surface area contributed by atoms with Gasteiger partial charge in [-0.2, -0.15) is 5.57 Å². The van der Waals surface area contributed by atoms with E-state index in [1.165, 1.54) is 57.1 Å². The molecule has 1 unspecified atom stereocenters. The van der Waals surface area contributed by atoms with E-state index in [0.29, 0.717) is 0 Å². The van der Waals surface area contributed by atoms with Gasteiger partial charge in [0.1, 0.15) is 5.82 Å². The van der Waals surface area contributed by atoms with Gasteiger partial charge in [-0.05, 0) is 49.4 Å². The predicted molar refractivity (Wildman–Crippen MR) is 93.2 cm³/mol. The molecule has 1 aromatic rings. The fraction of sp³-hybridized carbons (Fsp3) is 0.429. The van der Waals surface area contributed by atoms with Crippen LogP contribution in [0.25, 0.3) is 0 Å². The molecule has 4 rings (SSSR count). The zero-order valence-corrected chi connectivity index (χ0v) is 18.5. The summed E-state index contributed by atoms with van der Waals surface area (Å²) >= 11 is 0. The van der Waals surface area contributed by atoms with Crippen LogP contribution < -0.4 is 24.8 Å². The molecule has 1 N–H and O–H groups in total. The second kappa shape index (κ2) is 12.0. The van der Waals surface area contributed by atoms with E-state index < -0.39 is 11.8 Å². The number of carboxylic acids is 1. The molecule has 3 aliphatic rings. The van der Waals surface area contributed by atoms with Gasteiger partial charge in [0, 0.05) is 0 Å². The summed E-state index contributed by atoms with van der Waals surface area (Å²) in [5.41, 5.74) is 7.16. The van der Waals surface area contributed by atoms with Crippen molar-refractivity contribution in [3.8, 4) is 0 Å². The number of halogens is 3. The molecule has 0 amide bonds. The van der Waals surface area contributed by atoms with Gasteiger partial charge in [0.05, 0.1) is 5.56 Å². The quantitative estimate of drug-likeness (QED) is 0.477. The largest absolute Gasteiger partial charge is 3.00 e. The second-order valence-corrected chi connectivity index (χ2v) is 6.77. The van der Waals surface area contributed by atoms with Crippen molar-refractivity contribution in [2.24, 2.45) is 5.92 Å². The van der Waals surface area contributed by atoms with Gasteiger partial charge in [0.2, 0.25) is 0 Å². The maximum Gasteiger partial charge on any atom is 3.00 e. The number of aromatic carboxylic acids is 1. The van der Waals surface area contributed by atoms with Crippen molar-refractivity contribution < 1.29 is 60.8 Å². The van der Waals surface area contributed by atoms with Gasteiger partial charge in [-0.3, -0.25) is 0 Å². The van der Waals surface area contributed by atoms with Crippen molar-refractivity contribution in [2.45, 2.75) is 51.9 Å². The van der Waals surface area contributed by atoms with Crippen LogP contribution in [0.1, 0.15) is 62.2 Å². The van der Waals surface area contributed by atoms with Crippen molar-refractivity contribution in [1.29, 1.82) is 0 Å². The molecule has 1 radical (unpaired) electrons. The number of carboxylic acid groups (broad SMARTS) is 1. The van der Waals surface area contributed by atoms with Crippen LogP contribution in [0.2, 0.25) is 0 Å². The number of hydrogen-bond acceptors (Lipinski definition) is 1. The summed E-state index contributed by atoms with van der Waals surface area (Å²) in [6, 6.07) is 4.67. The van der Waals surface area contributed by atoms with E-state index in [-0.39, 0.29) is 52.1 Å². The maximum atomic E-state index is 12.2. The number of fused-ring (bicyclic) bond motifs is 1. The van der Waals surface area contributed by atoms with Gasteiger partial charge in [-0.15, -0.1) is 12.0 Å². The molecular weight excluding hydrogens is 422 g/mol. The molecule has 0 bridgehead atoms. The molecule has 6 heteroatoms. The zero-order chi connectivity index (χ0) is 17.1. The fourth-order valence-electron chi connectivity index (χ4n) is 4.10. The third-order valence-electron chi connectivity index (χ3n) is 5.30. The van der Waals surface area contributed by atoms with Crippen molar-refractivity contribution in [3.63, 3.8) is 0 Å². The van der Waals surface area contributed by atoms with Crippen molar-refractivity contribution in [1.82, 2.24) is 0 Å². The molecule has 3 aliphatic carbocycles. The minimum atomic E-state index is -1.04. The van der Waals surface area contributed by atoms with Crippen LogP contribution in [0, 0.1) is 18.2 Å². The fourth-order valence-corrected chi connectivity index (χ4v) is 4.10. The summed E-state index contributed by atoms with van der Waals surface area (Å²) < 4.78 is 12.2.